The van der Waals surface area contributed by atoms with Gasteiger partial charge < -0.3 is 10.1 Å². The first-order valence-corrected chi connectivity index (χ1v) is 8.37. The molecule has 2 aromatic carbocycles. The highest BCUT2D eigenvalue weighted by Crippen LogP contribution is 2.24. The van der Waals surface area contributed by atoms with Gasteiger partial charge in [-0.3, -0.25) is 9.69 Å². The van der Waals surface area contributed by atoms with Crippen molar-refractivity contribution in [1.82, 2.24) is 4.90 Å². The van der Waals surface area contributed by atoms with Crippen LogP contribution in [0, 0.1) is 0 Å². The normalized spacial score (nSPS) is 15.0. The predicted octanol–water partition coefficient (Wildman–Crippen LogP) is 4.43. The largest absolute Gasteiger partial charge is 0.573 e. The van der Waals surface area contributed by atoms with Gasteiger partial charge in [-0.15, -0.1) is 13.2 Å². The number of rotatable bonds is 5. The topological polar surface area (TPSA) is 41.6 Å². The van der Waals surface area contributed by atoms with Gasteiger partial charge >= 0.3 is 6.36 Å². The van der Waals surface area contributed by atoms with E-state index in [0.29, 0.717) is 11.3 Å². The molecule has 0 radical (unpaired) electrons. The third kappa shape index (κ3) is 5.23. The first-order chi connectivity index (χ1) is 12.4. The summed E-state index contributed by atoms with van der Waals surface area (Å²) in [5.41, 5.74) is 2.04. The Balaban J connectivity index is 1.57. The van der Waals surface area contributed by atoms with Crippen LogP contribution in [0.4, 0.5) is 18.9 Å². The van der Waals surface area contributed by atoms with Crippen molar-refractivity contribution in [3.63, 3.8) is 0 Å². The Morgan fingerprint density at radius 2 is 1.62 bits per heavy atom. The van der Waals surface area contributed by atoms with Crippen LogP contribution in [0.2, 0.25) is 0 Å². The number of amides is 1. The van der Waals surface area contributed by atoms with Crippen LogP contribution in [0.1, 0.15) is 28.8 Å². The quantitative estimate of drug-likeness (QED) is 0.853. The molecule has 0 aliphatic carbocycles. The van der Waals surface area contributed by atoms with Crippen molar-refractivity contribution in [1.29, 1.82) is 0 Å². The molecule has 2 aromatic rings. The number of nitrogens with one attached hydrogen (secondary N) is 1. The van der Waals surface area contributed by atoms with E-state index in [1.807, 2.05) is 12.1 Å². The van der Waals surface area contributed by atoms with Gasteiger partial charge in [-0.1, -0.05) is 12.1 Å². The second-order valence-corrected chi connectivity index (χ2v) is 6.21. The van der Waals surface area contributed by atoms with Gasteiger partial charge in [0.2, 0.25) is 0 Å². The monoisotopic (exact) mass is 364 g/mol. The Hall–Kier alpha value is -2.54. The fourth-order valence-electron chi connectivity index (χ4n) is 2.90. The van der Waals surface area contributed by atoms with Gasteiger partial charge in [-0.05, 0) is 67.9 Å². The lowest BCUT2D eigenvalue weighted by atomic mass is 10.1. The number of nitrogens with zero attached hydrogens (tertiary/aromatic N) is 1. The maximum atomic E-state index is 12.3. The Morgan fingerprint density at radius 1 is 1.00 bits per heavy atom. The molecule has 0 aromatic heterocycles. The van der Waals surface area contributed by atoms with Gasteiger partial charge in [0.15, 0.2) is 0 Å². The molecular formula is C19H19F3N2O2. The van der Waals surface area contributed by atoms with Crippen LogP contribution in [0.25, 0.3) is 0 Å². The zero-order chi connectivity index (χ0) is 18.6. The summed E-state index contributed by atoms with van der Waals surface area (Å²) in [6, 6.07) is 12.4. The third-order valence-corrected chi connectivity index (χ3v) is 4.17. The van der Waals surface area contributed by atoms with Crippen LogP contribution in [0.5, 0.6) is 5.75 Å². The second kappa shape index (κ2) is 7.78. The average molecular weight is 364 g/mol. The lowest BCUT2D eigenvalue weighted by Crippen LogP contribution is -2.18. The molecule has 1 aliphatic heterocycles. The number of ether oxygens (including phenoxy) is 1. The Bertz CT molecular complexity index is 737. The van der Waals surface area contributed by atoms with Crippen molar-refractivity contribution in [2.24, 2.45) is 0 Å². The number of alkyl halides is 3. The SMILES string of the molecule is O=C(Nc1ccc(OC(F)(F)F)cc1)c1ccc(CN2CCCC2)cc1. The molecule has 138 valence electrons. The summed E-state index contributed by atoms with van der Waals surface area (Å²) >= 11 is 0. The summed E-state index contributed by atoms with van der Waals surface area (Å²) < 4.78 is 40.2. The standard InChI is InChI=1S/C19H19F3N2O2/c20-19(21,22)26-17-9-7-16(8-10-17)23-18(25)15-5-3-14(4-6-15)13-24-11-1-2-12-24/h3-10H,1-2,11-13H2,(H,23,25). The number of hydrogen-bond donors (Lipinski definition) is 1. The van der Waals surface area contributed by atoms with Crippen molar-refractivity contribution in [3.8, 4) is 5.75 Å². The summed E-state index contributed by atoms with van der Waals surface area (Å²) in [6.07, 6.45) is -2.28. The minimum Gasteiger partial charge on any atom is -0.406 e. The highest BCUT2D eigenvalue weighted by molar-refractivity contribution is 6.04. The zero-order valence-electron chi connectivity index (χ0n) is 14.1. The van der Waals surface area contributed by atoms with E-state index in [4.69, 9.17) is 0 Å². The summed E-state index contributed by atoms with van der Waals surface area (Å²) in [4.78, 5) is 14.6. The summed E-state index contributed by atoms with van der Waals surface area (Å²) in [7, 11) is 0. The van der Waals surface area contributed by atoms with E-state index < -0.39 is 6.36 Å². The molecule has 3 rings (SSSR count). The fourth-order valence-corrected chi connectivity index (χ4v) is 2.90. The molecule has 1 heterocycles. The second-order valence-electron chi connectivity index (χ2n) is 6.21. The lowest BCUT2D eigenvalue weighted by Gasteiger charge is -2.14. The van der Waals surface area contributed by atoms with E-state index in [-0.39, 0.29) is 11.7 Å². The molecule has 0 spiro atoms. The molecule has 0 atom stereocenters. The molecule has 0 unspecified atom stereocenters. The van der Waals surface area contributed by atoms with Crippen molar-refractivity contribution in [3.05, 3.63) is 59.7 Å². The summed E-state index contributed by atoms with van der Waals surface area (Å²) in [5, 5.41) is 2.65. The first kappa shape index (κ1) is 18.3. The first-order valence-electron chi connectivity index (χ1n) is 8.37. The molecule has 1 N–H and O–H groups in total. The number of likely N-dealkylation sites (tertiary alicyclic amines) is 1. The number of hydrogen-bond acceptors (Lipinski definition) is 3. The third-order valence-electron chi connectivity index (χ3n) is 4.17. The molecule has 1 saturated heterocycles. The van der Waals surface area contributed by atoms with Gasteiger partial charge in [-0.25, -0.2) is 0 Å². The summed E-state index contributed by atoms with van der Waals surface area (Å²) in [6.45, 7) is 3.09. The Kier molecular flexibility index (Phi) is 5.46. The molecule has 26 heavy (non-hydrogen) atoms. The van der Waals surface area contributed by atoms with Gasteiger partial charge in [0.05, 0.1) is 0 Å². The van der Waals surface area contributed by atoms with Crippen molar-refractivity contribution >= 4 is 11.6 Å². The van der Waals surface area contributed by atoms with Crippen LogP contribution in [-0.2, 0) is 6.54 Å². The van der Waals surface area contributed by atoms with Crippen molar-refractivity contribution in [2.75, 3.05) is 18.4 Å². The maximum absolute atomic E-state index is 12.3. The Morgan fingerprint density at radius 3 is 2.19 bits per heavy atom. The number of carbonyl (C=O) groups is 1. The minimum atomic E-state index is -4.73. The molecule has 0 bridgehead atoms. The van der Waals surface area contributed by atoms with E-state index in [2.05, 4.69) is 15.0 Å². The predicted molar refractivity (Wildman–Crippen MR) is 92.0 cm³/mol. The number of anilines is 1. The van der Waals surface area contributed by atoms with Gasteiger partial charge in [-0.2, -0.15) is 0 Å². The molecule has 4 nitrogen and oxygen atoms in total. The van der Waals surface area contributed by atoms with Crippen LogP contribution < -0.4 is 10.1 Å². The van der Waals surface area contributed by atoms with Crippen LogP contribution >= 0.6 is 0 Å². The molecule has 1 fully saturated rings. The molecule has 0 saturated carbocycles. The molecule has 1 amide bonds. The number of carbonyl (C=O) groups excluding carboxylic acids is 1. The van der Waals surface area contributed by atoms with Crippen molar-refractivity contribution < 1.29 is 22.7 Å². The number of benzene rings is 2. The maximum Gasteiger partial charge on any atom is 0.573 e. The zero-order valence-corrected chi connectivity index (χ0v) is 14.1. The van der Waals surface area contributed by atoms with Gasteiger partial charge in [0.1, 0.15) is 5.75 Å². The Labute approximate surface area is 149 Å². The van der Waals surface area contributed by atoms with E-state index >= 15 is 0 Å². The van der Waals surface area contributed by atoms with E-state index in [0.717, 1.165) is 37.3 Å². The minimum absolute atomic E-state index is 0.317. The van der Waals surface area contributed by atoms with Gasteiger partial charge in [0.25, 0.3) is 5.91 Å². The van der Waals surface area contributed by atoms with E-state index in [1.165, 1.54) is 25.0 Å². The molecule has 1 aliphatic rings. The van der Waals surface area contributed by atoms with E-state index in [9.17, 15) is 18.0 Å². The highest BCUT2D eigenvalue weighted by atomic mass is 19.4. The van der Waals surface area contributed by atoms with E-state index in [1.54, 1.807) is 12.1 Å². The van der Waals surface area contributed by atoms with Crippen LogP contribution in [0.3, 0.4) is 0 Å². The number of halogens is 3. The lowest BCUT2D eigenvalue weighted by molar-refractivity contribution is -0.274. The van der Waals surface area contributed by atoms with Crippen molar-refractivity contribution in [2.45, 2.75) is 25.7 Å². The molecule has 7 heteroatoms. The molecular weight excluding hydrogens is 345 g/mol. The fraction of sp³-hybridized carbons (Fsp3) is 0.316. The average Bonchev–Trinajstić information content (AvgIpc) is 3.09. The van der Waals surface area contributed by atoms with Crippen LogP contribution in [0.15, 0.2) is 48.5 Å². The summed E-state index contributed by atoms with van der Waals surface area (Å²) in [5.74, 6) is -0.649. The highest BCUT2D eigenvalue weighted by Gasteiger charge is 2.30. The van der Waals surface area contributed by atoms with Gasteiger partial charge in [0, 0.05) is 17.8 Å². The van der Waals surface area contributed by atoms with Crippen LogP contribution in [-0.4, -0.2) is 30.3 Å². The smallest absolute Gasteiger partial charge is 0.406 e.